The summed E-state index contributed by atoms with van der Waals surface area (Å²) < 4.78 is 0. The molecule has 15 atom stereocenters. The van der Waals surface area contributed by atoms with E-state index in [0.29, 0.717) is 90.6 Å². The number of benzene rings is 2. The topological polar surface area (TPSA) is 289 Å². The minimum Gasteiger partial charge on any atom is -0.314 e. The molecule has 24 N–H and O–H groups in total. The van der Waals surface area contributed by atoms with Crippen LogP contribution in [0.25, 0.3) is 0 Å². The van der Waals surface area contributed by atoms with Crippen LogP contribution in [0, 0.1) is 0 Å². The number of halogens is 8. The monoisotopic (exact) mass is 2070 g/mol. The van der Waals surface area contributed by atoms with Crippen LogP contribution in [0.1, 0.15) is 191 Å². The molecule has 36 heteroatoms. The van der Waals surface area contributed by atoms with E-state index < -0.39 is 0 Å². The van der Waals surface area contributed by atoms with E-state index in [-0.39, 0.29) is 52.5 Å². The molecule has 5 saturated carbocycles. The van der Waals surface area contributed by atoms with Crippen molar-refractivity contribution in [1.82, 2.24) is 128 Å². The Hall–Kier alpha value is 1.88. The number of nitrogens with one attached hydrogen (secondary N) is 24. The van der Waals surface area contributed by atoms with Crippen molar-refractivity contribution in [2.75, 3.05) is 204 Å². The Balaban J connectivity index is 0.000000341. The molecule has 124 heavy (non-hydrogen) atoms. The molecule has 3 unspecified atom stereocenters. The Kier molecular flexibility index (Phi) is 82.4. The molecule has 4 heterocycles. The summed E-state index contributed by atoms with van der Waals surface area (Å²) in [7, 11) is 42.5. The minimum absolute atomic E-state index is 0.00694. The fourth-order valence-corrected chi connectivity index (χ4v) is 18.4. The molecular weight excluding hydrogens is 1900 g/mol. The van der Waals surface area contributed by atoms with E-state index in [1.54, 1.807) is 0 Å². The van der Waals surface area contributed by atoms with Crippen LogP contribution in [0.2, 0.25) is 0 Å². The zero-order valence-electron chi connectivity index (χ0n) is 76.0. The molecule has 4 aliphatic heterocycles. The normalized spacial score (nSPS) is 28.8. The van der Waals surface area contributed by atoms with Crippen LogP contribution in [0.15, 0.2) is 60.7 Å². The van der Waals surface area contributed by atoms with Gasteiger partial charge >= 0.3 is 133 Å². The maximum absolute atomic E-state index is 4.80. The summed E-state index contributed by atoms with van der Waals surface area (Å²) in [5, 5.41) is 89.0. The van der Waals surface area contributed by atoms with Gasteiger partial charge in [-0.25, -0.2) is 0 Å². The summed E-state index contributed by atoms with van der Waals surface area (Å²) >= 11 is 0.0278. The Morgan fingerprint density at radius 1 is 0.258 bits per heavy atom. The van der Waals surface area contributed by atoms with Crippen LogP contribution in [0.5, 0.6) is 0 Å². The molecule has 0 amide bonds. The molecule has 9 aliphatic rings. The van der Waals surface area contributed by atoms with Crippen LogP contribution < -0.4 is 128 Å². The second kappa shape index (κ2) is 86.5. The summed E-state index contributed by atoms with van der Waals surface area (Å²) in [5.74, 6) is 0. The van der Waals surface area contributed by atoms with Crippen molar-refractivity contribution in [1.29, 1.82) is 0 Å². The number of fused-ring (bicyclic) bond motifs is 5. The first kappa shape index (κ1) is 118. The number of unbranched alkanes of at least 4 members (excludes halogenated alkanes) is 2. The molecule has 730 valence electrons. The average molecular weight is 2070 g/mol. The Morgan fingerprint density at radius 3 is 0.806 bits per heavy atom. The van der Waals surface area contributed by atoms with Crippen LogP contribution in [0.3, 0.4) is 0 Å². The molecule has 4 saturated heterocycles. The van der Waals surface area contributed by atoms with Gasteiger partial charge in [-0.15, -0.1) is 0 Å². The minimum atomic E-state index is 0.00694. The van der Waals surface area contributed by atoms with Crippen molar-refractivity contribution in [3.63, 3.8) is 0 Å². The molecule has 5 aliphatic carbocycles. The molecule has 0 spiro atoms. The Labute approximate surface area is 813 Å². The van der Waals surface area contributed by atoms with Gasteiger partial charge in [-0.2, -0.15) is 0 Å². The smallest absolute Gasteiger partial charge is 0.0221 e. The van der Waals surface area contributed by atoms with E-state index in [1.165, 1.54) is 172 Å². The zero-order chi connectivity index (χ0) is 88.7. The maximum atomic E-state index is 4.80. The molecule has 2 aromatic rings. The van der Waals surface area contributed by atoms with E-state index in [4.69, 9.17) is 80.8 Å². The molecule has 0 bridgehead atoms. The summed E-state index contributed by atoms with van der Waals surface area (Å²) in [5.41, 5.74) is 2.70. The van der Waals surface area contributed by atoms with E-state index in [1.807, 2.05) is 7.05 Å². The number of hydrogen-bond acceptors (Lipinski definition) is 24. The third kappa shape index (κ3) is 62.6. The van der Waals surface area contributed by atoms with Crippen molar-refractivity contribution in [3.8, 4) is 0 Å². The summed E-state index contributed by atoms with van der Waals surface area (Å²) in [6, 6.07) is 30.3. The predicted molar refractivity (Wildman–Crippen MR) is 523 cm³/mol. The SMILES string of the molecule is C1CC2NCCNCCNCCNCCN[C@@H]2C1.CNCCCC[C@@H]1CN[C@H]2CCCC[C@@H]2NCCNCCN[C@@H](CCCCNC)CN1.C[C@H]1CNC2CCCCC2NCCN[C@@H]2CCCC[C@H]2NCCN1.[Cl][Mn][Cl].[Cl][Mn][Cl].[Cl][Mn][Cl].[Cl][Mn][Cl].c1ccc(CNCC[C@@H]2CN[C@@H](CCNCc3ccccc3)CN[C@@H]3CCCC[C@H]3NCCNCCN2)cc1. The largest absolute Gasteiger partial charge is 0.314 e. The van der Waals surface area contributed by atoms with Crippen molar-refractivity contribution >= 4 is 80.8 Å². The third-order valence-corrected chi connectivity index (χ3v) is 25.2. The fourth-order valence-electron chi connectivity index (χ4n) is 18.4. The van der Waals surface area contributed by atoms with Gasteiger partial charge in [0.2, 0.25) is 0 Å². The molecule has 24 nitrogen and oxygen atoms in total. The molecule has 11 rings (SSSR count). The van der Waals surface area contributed by atoms with E-state index in [9.17, 15) is 0 Å². The van der Waals surface area contributed by atoms with Gasteiger partial charge in [-0.1, -0.05) is 131 Å². The number of rotatable bonds is 20. The number of hydrogen-bond donors (Lipinski definition) is 24. The van der Waals surface area contributed by atoms with Crippen molar-refractivity contribution in [2.45, 2.75) is 284 Å². The summed E-state index contributed by atoms with van der Waals surface area (Å²) in [6.07, 6.45) is 35.3. The maximum Gasteiger partial charge on any atom is 0.0221 e. The molecule has 9 fully saturated rings. The summed E-state index contributed by atoms with van der Waals surface area (Å²) in [6.45, 7) is 34.9. The second-order valence-electron chi connectivity index (χ2n) is 34.5. The second-order valence-corrected chi connectivity index (χ2v) is 42.3. The van der Waals surface area contributed by atoms with E-state index in [2.05, 4.69) is 202 Å². The third-order valence-electron chi connectivity index (χ3n) is 25.2. The van der Waals surface area contributed by atoms with Crippen LogP contribution >= 0.6 is 80.8 Å². The fraction of sp³-hybridized carbons (Fsp3) is 0.864. The molecule has 0 radical (unpaired) electrons. The van der Waals surface area contributed by atoms with Gasteiger partial charge in [0.1, 0.15) is 0 Å². The first-order valence-corrected chi connectivity index (χ1v) is 61.0. The van der Waals surface area contributed by atoms with Crippen molar-refractivity contribution in [2.24, 2.45) is 0 Å². The van der Waals surface area contributed by atoms with E-state index in [0.717, 1.165) is 216 Å². The predicted octanol–water partition coefficient (Wildman–Crippen LogP) is 8.47. The van der Waals surface area contributed by atoms with Gasteiger partial charge in [0.15, 0.2) is 0 Å². The van der Waals surface area contributed by atoms with Gasteiger partial charge in [0.05, 0.1) is 0 Å². The first-order valence-electron chi connectivity index (χ1n) is 48.0. The Bertz CT molecular complexity index is 2560. The average Bonchev–Trinajstić information content (AvgIpc) is 1.43. The van der Waals surface area contributed by atoms with Crippen molar-refractivity contribution < 1.29 is 52.5 Å². The van der Waals surface area contributed by atoms with Gasteiger partial charge in [-0.3, -0.25) is 0 Å². The van der Waals surface area contributed by atoms with Gasteiger partial charge < -0.3 is 128 Å². The molecule has 0 aromatic heterocycles. The van der Waals surface area contributed by atoms with Crippen LogP contribution in [0.4, 0.5) is 0 Å². The Morgan fingerprint density at radius 2 is 0.492 bits per heavy atom. The standard InChI is InChI=1S/C32H53N7.C24H53N7.C19H39N5.C13H29N5.8ClH.4Mn/c1-3-9-27(10-4-1)23-34-17-15-29-25-38-30(16-18-35-24-28-11-5-2-6-12-28)26-39-32-14-8-7-13-31(32)37-22-20-33-19-21-36-29;1-25-13-7-5-9-21-19-30-22(10-6-8-14-26-2)20-31-24-12-4-3-11-23(24)29-18-16-27-15-17-28-21;1-15-14-24-19-9-5-4-8-18(19)23-13-12-22-17-7-3-2-6-16(17)21-11-10-20-15;1-2-12-13(3-1)18-11-9-16-7-5-14-4-6-15-8-10-17-12;;;;;;;;;;;;/h1-6,9-12,29-39H,7-8,13-26H2;21-31H,3-20H2,1-2H3;15-24H,2-14H2,1H3;12-18H,1-11H2;8*1H;;;;/q;;;;;;;;;;;;4*+2/p-8/t29-,30+,31-,32-;21-,22+,23-,24-;15-,16+,17+,18?,19?;12-,13?;;;;;;;;;;;;/m1001............/s1. The van der Waals surface area contributed by atoms with Crippen LogP contribution in [-0.2, 0) is 65.6 Å². The first-order chi connectivity index (χ1) is 61.1. The van der Waals surface area contributed by atoms with Gasteiger partial charge in [-0.05, 0) is 161 Å². The van der Waals surface area contributed by atoms with Crippen LogP contribution in [-0.4, -0.2) is 295 Å². The van der Waals surface area contributed by atoms with Gasteiger partial charge in [0, 0.05) is 267 Å². The zero-order valence-corrected chi connectivity index (χ0v) is 86.8. The quantitative estimate of drug-likeness (QED) is 0.0437. The van der Waals surface area contributed by atoms with E-state index >= 15 is 0 Å². The molecule has 2 aromatic carbocycles. The summed E-state index contributed by atoms with van der Waals surface area (Å²) in [4.78, 5) is 0. The van der Waals surface area contributed by atoms with Gasteiger partial charge in [0.25, 0.3) is 0 Å². The van der Waals surface area contributed by atoms with Crippen molar-refractivity contribution in [3.05, 3.63) is 71.8 Å². The molecular formula is C88H174Cl8Mn4N24.